The summed E-state index contributed by atoms with van der Waals surface area (Å²) in [5.41, 5.74) is 3.49. The van der Waals surface area contributed by atoms with Crippen molar-refractivity contribution in [2.75, 3.05) is 0 Å². The van der Waals surface area contributed by atoms with Crippen LogP contribution in [0.25, 0.3) is 11.3 Å². The SMILES string of the molecule is CC(C)c1onc(-c2ccccc2Cl)c1COc1ccc(CCCC(=O)O)cc1. The Bertz CT molecular complexity index is 963. The number of carboxylic acids is 1. The molecule has 1 aromatic heterocycles. The number of carbonyl (C=O) groups is 1. The van der Waals surface area contributed by atoms with Gasteiger partial charge in [-0.3, -0.25) is 4.79 Å². The fourth-order valence-corrected chi connectivity index (χ4v) is 3.36. The number of benzene rings is 2. The van der Waals surface area contributed by atoms with Crippen molar-refractivity contribution >= 4 is 17.6 Å². The van der Waals surface area contributed by atoms with E-state index in [1.807, 2.05) is 62.4 Å². The highest BCUT2D eigenvalue weighted by Crippen LogP contribution is 2.34. The molecule has 3 rings (SSSR count). The van der Waals surface area contributed by atoms with E-state index in [1.54, 1.807) is 0 Å². The van der Waals surface area contributed by atoms with E-state index in [9.17, 15) is 4.79 Å². The molecule has 0 unspecified atom stereocenters. The van der Waals surface area contributed by atoms with Gasteiger partial charge in [-0.05, 0) is 36.6 Å². The molecular weight excluding hydrogens is 390 g/mol. The van der Waals surface area contributed by atoms with Crippen LogP contribution in [-0.2, 0) is 17.8 Å². The fourth-order valence-electron chi connectivity index (χ4n) is 3.13. The molecule has 0 amide bonds. The van der Waals surface area contributed by atoms with Gasteiger partial charge in [-0.25, -0.2) is 0 Å². The second kappa shape index (κ2) is 9.61. The van der Waals surface area contributed by atoms with Crippen LogP contribution in [0.4, 0.5) is 0 Å². The first-order valence-electron chi connectivity index (χ1n) is 9.62. The molecule has 5 nitrogen and oxygen atoms in total. The van der Waals surface area contributed by atoms with Gasteiger partial charge in [0.25, 0.3) is 0 Å². The monoisotopic (exact) mass is 413 g/mol. The molecule has 0 bridgehead atoms. The van der Waals surface area contributed by atoms with E-state index in [2.05, 4.69) is 5.16 Å². The van der Waals surface area contributed by atoms with Crippen molar-refractivity contribution < 1.29 is 19.2 Å². The second-order valence-corrected chi connectivity index (χ2v) is 7.60. The van der Waals surface area contributed by atoms with Crippen LogP contribution in [0.1, 0.15) is 49.5 Å². The Balaban J connectivity index is 1.74. The molecule has 152 valence electrons. The summed E-state index contributed by atoms with van der Waals surface area (Å²) in [7, 11) is 0. The Morgan fingerprint density at radius 1 is 1.17 bits per heavy atom. The molecule has 0 spiro atoms. The number of aryl methyl sites for hydroxylation is 1. The zero-order chi connectivity index (χ0) is 20.8. The third-order valence-electron chi connectivity index (χ3n) is 4.63. The summed E-state index contributed by atoms with van der Waals surface area (Å²) in [5, 5.41) is 13.6. The number of hydrogen-bond acceptors (Lipinski definition) is 4. The molecule has 0 saturated carbocycles. The van der Waals surface area contributed by atoms with Gasteiger partial charge in [0, 0.05) is 17.9 Å². The number of aliphatic carboxylic acids is 1. The molecule has 0 fully saturated rings. The topological polar surface area (TPSA) is 72.6 Å². The number of carboxylic acid groups (broad SMARTS) is 1. The smallest absolute Gasteiger partial charge is 0.303 e. The number of ether oxygens (including phenoxy) is 1. The summed E-state index contributed by atoms with van der Waals surface area (Å²) >= 11 is 6.36. The number of aromatic nitrogens is 1. The third kappa shape index (κ3) is 5.39. The Morgan fingerprint density at radius 2 is 1.90 bits per heavy atom. The summed E-state index contributed by atoms with van der Waals surface area (Å²) in [6, 6.07) is 15.3. The van der Waals surface area contributed by atoms with Crippen LogP contribution < -0.4 is 4.74 Å². The second-order valence-electron chi connectivity index (χ2n) is 7.19. The van der Waals surface area contributed by atoms with Crippen molar-refractivity contribution in [1.29, 1.82) is 0 Å². The molecule has 0 saturated heterocycles. The number of halogens is 1. The van der Waals surface area contributed by atoms with Gasteiger partial charge >= 0.3 is 5.97 Å². The van der Waals surface area contributed by atoms with Crippen molar-refractivity contribution in [2.24, 2.45) is 0 Å². The zero-order valence-electron chi connectivity index (χ0n) is 16.5. The lowest BCUT2D eigenvalue weighted by molar-refractivity contribution is -0.137. The van der Waals surface area contributed by atoms with Crippen molar-refractivity contribution in [3.05, 3.63) is 70.4 Å². The molecule has 6 heteroatoms. The molecule has 3 aromatic rings. The fraction of sp³-hybridized carbons (Fsp3) is 0.304. The number of hydrogen-bond donors (Lipinski definition) is 1. The molecule has 1 heterocycles. The predicted molar refractivity (Wildman–Crippen MR) is 112 cm³/mol. The van der Waals surface area contributed by atoms with E-state index in [-0.39, 0.29) is 12.3 Å². The van der Waals surface area contributed by atoms with E-state index in [0.717, 1.165) is 34.6 Å². The lowest BCUT2D eigenvalue weighted by atomic mass is 10.0. The van der Waals surface area contributed by atoms with E-state index in [0.29, 0.717) is 23.7 Å². The van der Waals surface area contributed by atoms with Crippen LogP contribution in [-0.4, -0.2) is 16.2 Å². The Kier molecular flexibility index (Phi) is 6.94. The lowest BCUT2D eigenvalue weighted by Crippen LogP contribution is -2.01. The van der Waals surface area contributed by atoms with Gasteiger partial charge in [0.2, 0.25) is 0 Å². The third-order valence-corrected chi connectivity index (χ3v) is 4.96. The van der Waals surface area contributed by atoms with Gasteiger partial charge in [0.05, 0.1) is 10.6 Å². The van der Waals surface area contributed by atoms with E-state index in [4.69, 9.17) is 26.0 Å². The number of rotatable bonds is 9. The standard InChI is InChI=1S/C23H24ClNO4/c1-15(2)23-19(22(25-29-23)18-7-3-4-8-20(18)24)14-28-17-12-10-16(11-13-17)6-5-9-21(26)27/h3-4,7-8,10-13,15H,5-6,9,14H2,1-2H3,(H,26,27). The lowest BCUT2D eigenvalue weighted by Gasteiger charge is -2.10. The Hall–Kier alpha value is -2.79. The van der Waals surface area contributed by atoms with Crippen LogP contribution in [0, 0.1) is 0 Å². The van der Waals surface area contributed by atoms with Crippen molar-refractivity contribution in [2.45, 2.75) is 45.6 Å². The highest BCUT2D eigenvalue weighted by Gasteiger charge is 2.21. The largest absolute Gasteiger partial charge is 0.489 e. The first-order valence-corrected chi connectivity index (χ1v) is 10.0. The molecule has 0 aliphatic heterocycles. The van der Waals surface area contributed by atoms with Crippen molar-refractivity contribution in [1.82, 2.24) is 5.16 Å². The first-order chi connectivity index (χ1) is 14.0. The van der Waals surface area contributed by atoms with Crippen molar-refractivity contribution in [3.8, 4) is 17.0 Å². The molecule has 0 aliphatic rings. The molecule has 0 radical (unpaired) electrons. The highest BCUT2D eigenvalue weighted by molar-refractivity contribution is 6.33. The normalized spacial score (nSPS) is 11.0. The molecule has 29 heavy (non-hydrogen) atoms. The highest BCUT2D eigenvalue weighted by atomic mass is 35.5. The molecule has 0 aliphatic carbocycles. The van der Waals surface area contributed by atoms with Crippen LogP contribution >= 0.6 is 11.6 Å². The molecule has 0 atom stereocenters. The maximum atomic E-state index is 10.6. The average Bonchev–Trinajstić information content (AvgIpc) is 3.11. The van der Waals surface area contributed by atoms with Gasteiger partial charge in [0.1, 0.15) is 23.8 Å². The minimum absolute atomic E-state index is 0.161. The van der Waals surface area contributed by atoms with Crippen LogP contribution in [0.15, 0.2) is 53.1 Å². The van der Waals surface area contributed by atoms with E-state index in [1.165, 1.54) is 0 Å². The van der Waals surface area contributed by atoms with Gasteiger partial charge in [-0.2, -0.15) is 0 Å². The summed E-state index contributed by atoms with van der Waals surface area (Å²) < 4.78 is 11.6. The maximum absolute atomic E-state index is 10.6. The minimum atomic E-state index is -0.769. The van der Waals surface area contributed by atoms with Gasteiger partial charge in [-0.1, -0.05) is 60.9 Å². The molecule has 2 aromatic carbocycles. The minimum Gasteiger partial charge on any atom is -0.489 e. The Morgan fingerprint density at radius 3 is 2.55 bits per heavy atom. The summed E-state index contributed by atoms with van der Waals surface area (Å²) in [4.78, 5) is 10.6. The summed E-state index contributed by atoms with van der Waals surface area (Å²) in [6.45, 7) is 4.41. The predicted octanol–water partition coefficient (Wildman–Crippen LogP) is 6.10. The average molecular weight is 414 g/mol. The Labute approximate surface area is 175 Å². The van der Waals surface area contributed by atoms with Crippen LogP contribution in [0.2, 0.25) is 5.02 Å². The maximum Gasteiger partial charge on any atom is 0.303 e. The summed E-state index contributed by atoms with van der Waals surface area (Å²) in [6.07, 6.45) is 1.52. The van der Waals surface area contributed by atoms with Gasteiger partial charge < -0.3 is 14.4 Å². The first kappa shape index (κ1) is 20.9. The molecular formula is C23H24ClNO4. The quantitative estimate of drug-likeness (QED) is 0.458. The van der Waals surface area contributed by atoms with Gasteiger partial charge in [-0.15, -0.1) is 0 Å². The number of nitrogens with zero attached hydrogens (tertiary/aromatic N) is 1. The van der Waals surface area contributed by atoms with Crippen molar-refractivity contribution in [3.63, 3.8) is 0 Å². The summed E-state index contributed by atoms with van der Waals surface area (Å²) in [5.74, 6) is 0.904. The van der Waals surface area contributed by atoms with Crippen LogP contribution in [0.3, 0.4) is 0 Å². The van der Waals surface area contributed by atoms with E-state index >= 15 is 0 Å². The van der Waals surface area contributed by atoms with Gasteiger partial charge in [0.15, 0.2) is 0 Å². The molecule has 1 N–H and O–H groups in total. The zero-order valence-corrected chi connectivity index (χ0v) is 17.3. The van der Waals surface area contributed by atoms with Crippen LogP contribution in [0.5, 0.6) is 5.75 Å². The van der Waals surface area contributed by atoms with E-state index < -0.39 is 5.97 Å².